The van der Waals surface area contributed by atoms with Gasteiger partial charge in [0.05, 0.1) is 11.3 Å². The van der Waals surface area contributed by atoms with Crippen molar-refractivity contribution in [3.05, 3.63) is 59.4 Å². The van der Waals surface area contributed by atoms with Crippen LogP contribution in [0.5, 0.6) is 0 Å². The van der Waals surface area contributed by atoms with Crippen LogP contribution in [0, 0.1) is 17.5 Å². The molecule has 0 spiro atoms. The van der Waals surface area contributed by atoms with Gasteiger partial charge >= 0.3 is 0 Å². The lowest BCUT2D eigenvalue weighted by Gasteiger charge is -2.17. The molecule has 0 saturated carbocycles. The molecule has 1 fully saturated rings. The third-order valence-corrected chi connectivity index (χ3v) is 4.64. The van der Waals surface area contributed by atoms with Gasteiger partial charge in [-0.3, -0.25) is 14.4 Å². The predicted octanol–water partition coefficient (Wildman–Crippen LogP) is 3.38. The summed E-state index contributed by atoms with van der Waals surface area (Å²) in [6.45, 7) is 0.572. The van der Waals surface area contributed by atoms with E-state index in [4.69, 9.17) is 0 Å². The van der Waals surface area contributed by atoms with Crippen molar-refractivity contribution in [3.8, 4) is 0 Å². The number of carbonyl (C=O) groups excluding carboxylic acids is 3. The van der Waals surface area contributed by atoms with Crippen LogP contribution in [0.2, 0.25) is 0 Å². The van der Waals surface area contributed by atoms with Gasteiger partial charge in [0, 0.05) is 37.7 Å². The van der Waals surface area contributed by atoms with Crippen LogP contribution in [-0.2, 0) is 9.59 Å². The molecule has 1 aliphatic heterocycles. The van der Waals surface area contributed by atoms with Crippen molar-refractivity contribution in [2.45, 2.75) is 25.7 Å². The van der Waals surface area contributed by atoms with E-state index in [9.17, 15) is 27.6 Å². The van der Waals surface area contributed by atoms with E-state index in [-0.39, 0.29) is 48.1 Å². The predicted molar refractivity (Wildman–Crippen MR) is 105 cm³/mol. The van der Waals surface area contributed by atoms with Gasteiger partial charge in [0.2, 0.25) is 11.8 Å². The van der Waals surface area contributed by atoms with Crippen LogP contribution in [0.4, 0.5) is 24.5 Å². The number of amides is 3. The number of rotatable bonds is 7. The van der Waals surface area contributed by atoms with Gasteiger partial charge < -0.3 is 15.5 Å². The molecule has 0 bridgehead atoms. The minimum atomic E-state index is -0.966. The Labute approximate surface area is 171 Å². The molecule has 30 heavy (non-hydrogen) atoms. The van der Waals surface area contributed by atoms with E-state index in [1.165, 1.54) is 17.0 Å². The standard InChI is InChI=1S/C21H20F3N3O3/c22-13-5-7-15(16(23)11-13)21(30)25-9-1-3-19(28)26-14-6-8-18(17(24)12-14)27-10-2-4-20(27)29/h5-8,11-12H,1-4,9-10H2,(H,25,30)(H,26,28). The molecular weight excluding hydrogens is 399 g/mol. The van der Waals surface area contributed by atoms with Gasteiger partial charge in [-0.25, -0.2) is 13.2 Å². The quantitative estimate of drug-likeness (QED) is 0.676. The Morgan fingerprint density at radius 1 is 1.03 bits per heavy atom. The van der Waals surface area contributed by atoms with Gasteiger partial charge in [-0.05, 0) is 43.2 Å². The summed E-state index contributed by atoms with van der Waals surface area (Å²) in [7, 11) is 0. The van der Waals surface area contributed by atoms with Gasteiger partial charge in [0.25, 0.3) is 5.91 Å². The van der Waals surface area contributed by atoms with Crippen molar-refractivity contribution >= 4 is 29.1 Å². The van der Waals surface area contributed by atoms with Crippen molar-refractivity contribution < 1.29 is 27.6 Å². The number of benzene rings is 2. The number of hydrogen-bond acceptors (Lipinski definition) is 3. The molecule has 0 unspecified atom stereocenters. The molecule has 6 nitrogen and oxygen atoms in total. The average Bonchev–Trinajstić information content (AvgIpc) is 3.11. The van der Waals surface area contributed by atoms with E-state index in [0.717, 1.165) is 18.2 Å². The largest absolute Gasteiger partial charge is 0.352 e. The van der Waals surface area contributed by atoms with Crippen LogP contribution in [0.15, 0.2) is 36.4 Å². The van der Waals surface area contributed by atoms with Crippen molar-refractivity contribution in [1.29, 1.82) is 0 Å². The van der Waals surface area contributed by atoms with Gasteiger partial charge in [-0.1, -0.05) is 0 Å². The Kier molecular flexibility index (Phi) is 6.71. The number of halogens is 3. The van der Waals surface area contributed by atoms with Gasteiger partial charge in [-0.15, -0.1) is 0 Å². The molecule has 2 N–H and O–H groups in total. The van der Waals surface area contributed by atoms with Gasteiger partial charge in [-0.2, -0.15) is 0 Å². The fourth-order valence-electron chi connectivity index (χ4n) is 3.15. The summed E-state index contributed by atoms with van der Waals surface area (Å²) in [5, 5.41) is 5.00. The first-order chi connectivity index (χ1) is 14.3. The maximum atomic E-state index is 14.3. The molecular formula is C21H20F3N3O3. The smallest absolute Gasteiger partial charge is 0.254 e. The SMILES string of the molecule is O=C(CCCNC(=O)c1ccc(F)cc1F)Nc1ccc(N2CCCC2=O)c(F)c1. The van der Waals surface area contributed by atoms with E-state index in [2.05, 4.69) is 10.6 Å². The minimum Gasteiger partial charge on any atom is -0.352 e. The number of anilines is 2. The molecule has 1 saturated heterocycles. The molecule has 1 heterocycles. The zero-order chi connectivity index (χ0) is 21.7. The highest BCUT2D eigenvalue weighted by Gasteiger charge is 2.24. The van der Waals surface area contributed by atoms with Gasteiger partial charge in [0.15, 0.2) is 0 Å². The Morgan fingerprint density at radius 3 is 2.50 bits per heavy atom. The minimum absolute atomic E-state index is 0.0418. The summed E-state index contributed by atoms with van der Waals surface area (Å²) in [6, 6.07) is 6.76. The molecule has 0 atom stereocenters. The highest BCUT2D eigenvalue weighted by molar-refractivity contribution is 5.96. The van der Waals surface area contributed by atoms with Crippen molar-refractivity contribution in [3.63, 3.8) is 0 Å². The summed E-state index contributed by atoms with van der Waals surface area (Å²) in [5.74, 6) is -3.57. The lowest BCUT2D eigenvalue weighted by Crippen LogP contribution is -2.26. The Morgan fingerprint density at radius 2 is 1.83 bits per heavy atom. The highest BCUT2D eigenvalue weighted by atomic mass is 19.1. The molecule has 1 aliphatic rings. The van der Waals surface area contributed by atoms with Crippen molar-refractivity contribution in [2.24, 2.45) is 0 Å². The van der Waals surface area contributed by atoms with Gasteiger partial charge in [0.1, 0.15) is 17.5 Å². The molecule has 158 valence electrons. The maximum Gasteiger partial charge on any atom is 0.254 e. The number of hydrogen-bond donors (Lipinski definition) is 2. The van der Waals surface area contributed by atoms with E-state index < -0.39 is 23.4 Å². The second-order valence-corrected chi connectivity index (χ2v) is 6.85. The van der Waals surface area contributed by atoms with E-state index in [0.29, 0.717) is 25.5 Å². The molecule has 3 amide bonds. The zero-order valence-corrected chi connectivity index (χ0v) is 16.0. The second-order valence-electron chi connectivity index (χ2n) is 6.85. The molecule has 2 aromatic rings. The van der Waals surface area contributed by atoms with Crippen LogP contribution in [0.1, 0.15) is 36.0 Å². The number of nitrogens with one attached hydrogen (secondary N) is 2. The normalized spacial score (nSPS) is 13.4. The third-order valence-electron chi connectivity index (χ3n) is 4.64. The van der Waals surface area contributed by atoms with E-state index in [1.54, 1.807) is 0 Å². The molecule has 0 aromatic heterocycles. The van der Waals surface area contributed by atoms with Crippen molar-refractivity contribution in [2.75, 3.05) is 23.3 Å². The first-order valence-electron chi connectivity index (χ1n) is 9.48. The topological polar surface area (TPSA) is 78.5 Å². The zero-order valence-electron chi connectivity index (χ0n) is 16.0. The first-order valence-corrected chi connectivity index (χ1v) is 9.48. The Balaban J connectivity index is 1.45. The summed E-state index contributed by atoms with van der Waals surface area (Å²) in [4.78, 5) is 37.0. The van der Waals surface area contributed by atoms with Crippen LogP contribution < -0.4 is 15.5 Å². The van der Waals surface area contributed by atoms with Crippen LogP contribution in [-0.4, -0.2) is 30.8 Å². The van der Waals surface area contributed by atoms with Crippen molar-refractivity contribution in [1.82, 2.24) is 5.32 Å². The van der Waals surface area contributed by atoms with E-state index in [1.807, 2.05) is 0 Å². The maximum absolute atomic E-state index is 14.3. The summed E-state index contributed by atoms with van der Waals surface area (Å²) >= 11 is 0. The molecule has 0 radical (unpaired) electrons. The summed E-state index contributed by atoms with van der Waals surface area (Å²) in [5.41, 5.74) is 0.157. The molecule has 3 rings (SSSR count). The fourth-order valence-corrected chi connectivity index (χ4v) is 3.15. The molecule has 2 aromatic carbocycles. The lowest BCUT2D eigenvalue weighted by atomic mass is 10.2. The first kappa shape index (κ1) is 21.4. The summed E-state index contributed by atoms with van der Waals surface area (Å²) < 4.78 is 40.7. The Bertz CT molecular complexity index is 981. The second kappa shape index (κ2) is 9.43. The highest BCUT2D eigenvalue weighted by Crippen LogP contribution is 2.26. The number of nitrogens with zero attached hydrogens (tertiary/aromatic N) is 1. The van der Waals surface area contributed by atoms with Crippen LogP contribution >= 0.6 is 0 Å². The molecule has 9 heteroatoms. The average molecular weight is 419 g/mol. The third kappa shape index (κ3) is 5.16. The van der Waals surface area contributed by atoms with Crippen LogP contribution in [0.25, 0.3) is 0 Å². The Hall–Kier alpha value is -3.36. The monoisotopic (exact) mass is 419 g/mol. The number of carbonyl (C=O) groups is 3. The fraction of sp³-hybridized carbons (Fsp3) is 0.286. The summed E-state index contributed by atoms with van der Waals surface area (Å²) in [6.07, 6.45) is 1.38. The molecule has 0 aliphatic carbocycles. The lowest BCUT2D eigenvalue weighted by molar-refractivity contribution is -0.117. The van der Waals surface area contributed by atoms with E-state index >= 15 is 0 Å². The van der Waals surface area contributed by atoms with Crippen LogP contribution in [0.3, 0.4) is 0 Å².